The van der Waals surface area contributed by atoms with Crippen LogP contribution in [0.1, 0.15) is 156 Å². The quantitative estimate of drug-likeness (QED) is 0.0369. The zero-order chi connectivity index (χ0) is 80.9. The largest absolute Gasteiger partial charge is 0.368 e. The van der Waals surface area contributed by atoms with E-state index >= 15 is 0 Å². The van der Waals surface area contributed by atoms with E-state index in [0.29, 0.717) is 86.0 Å². The van der Waals surface area contributed by atoms with E-state index in [1.165, 1.54) is 22.7 Å². The summed E-state index contributed by atoms with van der Waals surface area (Å²) in [5.41, 5.74) is 23.9. The summed E-state index contributed by atoms with van der Waals surface area (Å²) in [7, 11) is -17.2. The van der Waals surface area contributed by atoms with Crippen LogP contribution in [0.5, 0.6) is 0 Å². The highest BCUT2D eigenvalue weighted by Gasteiger charge is 2.36. The van der Waals surface area contributed by atoms with E-state index in [9.17, 15) is 57.9 Å². The Bertz CT molecular complexity index is 5750. The lowest BCUT2D eigenvalue weighted by Crippen LogP contribution is -2.44. The van der Waals surface area contributed by atoms with E-state index in [-0.39, 0.29) is 71.8 Å². The average molecular weight is 1600 g/mol. The predicted octanol–water partition coefficient (Wildman–Crippen LogP) is 4.75. The second kappa shape index (κ2) is 33.6. The van der Waals surface area contributed by atoms with Crippen molar-refractivity contribution in [3.05, 3.63) is 72.5 Å². The van der Waals surface area contributed by atoms with Crippen molar-refractivity contribution in [3.8, 4) is 18.2 Å². The Labute approximate surface area is 632 Å². The van der Waals surface area contributed by atoms with E-state index in [4.69, 9.17) is 17.2 Å². The number of aromatic nitrogens is 15. The number of hydrogen-bond donors (Lipinski definition) is 9. The number of rotatable bonds is 24. The molecular weight excluding hydrogens is 1510 g/mol. The van der Waals surface area contributed by atoms with Gasteiger partial charge in [-0.2, -0.15) is 45.7 Å². The molecular formula is C63H91N31O10S5. The summed E-state index contributed by atoms with van der Waals surface area (Å²) in [4.78, 5) is 54.0. The van der Waals surface area contributed by atoms with Gasteiger partial charge in [0.25, 0.3) is 0 Å². The van der Waals surface area contributed by atoms with Crippen LogP contribution in [0.15, 0.2) is 55.8 Å². The number of hydrazine groups is 5. The molecule has 0 spiro atoms. The van der Waals surface area contributed by atoms with Crippen molar-refractivity contribution >= 4 is 152 Å². The summed E-state index contributed by atoms with van der Waals surface area (Å²) in [5, 5.41) is 37.0. The van der Waals surface area contributed by atoms with Crippen molar-refractivity contribution in [2.45, 2.75) is 151 Å². The molecule has 2 aliphatic carbocycles. The van der Waals surface area contributed by atoms with Gasteiger partial charge in [-0.3, -0.25) is 25.5 Å². The maximum absolute atomic E-state index is 11.6. The minimum Gasteiger partial charge on any atom is -0.368 e. The van der Waals surface area contributed by atoms with Crippen LogP contribution in [0.3, 0.4) is 0 Å². The number of nitrogens with two attached hydrogens (primary N) is 3. The molecule has 10 heterocycles. The molecule has 12 N–H and O–H groups in total. The SMILES string of the molecule is CC(C)n1cc(C#N)c2c(NNS(C)(=O)=O)nc(N)nc21.CC(C)n1ccc2c(N(NS(C)(=O)=O)C3CC3)nc(N)nc21.CC(C)n1ccc2c(N(NS(C)(=O)=O)C3CC3)ncnc21.CCN(NS(C)(=O)=O)c1nc(N)nc2c1c(C#N)cn2C(C)C.CCN(NS(C)(=O)=O)c1ncnc2c1c(C#N)cn2C(C)C. The van der Waals surface area contributed by atoms with E-state index in [0.717, 1.165) is 73.4 Å². The van der Waals surface area contributed by atoms with Crippen molar-refractivity contribution in [1.82, 2.24) is 96.8 Å². The minimum atomic E-state index is -3.51. The smallest absolute Gasteiger partial charge is 0.225 e. The van der Waals surface area contributed by atoms with Crippen molar-refractivity contribution < 1.29 is 42.1 Å². The van der Waals surface area contributed by atoms with Crippen LogP contribution in [-0.2, 0) is 50.1 Å². The van der Waals surface area contributed by atoms with Crippen molar-refractivity contribution in [3.63, 3.8) is 0 Å². The minimum absolute atomic E-state index is 0.00532. The van der Waals surface area contributed by atoms with Crippen LogP contribution in [-0.4, -0.2) is 171 Å². The first-order chi connectivity index (χ1) is 50.8. The summed E-state index contributed by atoms with van der Waals surface area (Å²) in [6.45, 7) is 24.2. The van der Waals surface area contributed by atoms with Gasteiger partial charge >= 0.3 is 0 Å². The Balaban J connectivity index is 0.000000172. The Morgan fingerprint density at radius 2 is 0.780 bits per heavy atom. The topological polar surface area (TPSA) is 559 Å². The third-order valence-electron chi connectivity index (χ3n) is 16.0. The zero-order valence-electron chi connectivity index (χ0n) is 63.2. The van der Waals surface area contributed by atoms with Crippen molar-refractivity contribution in [2.24, 2.45) is 0 Å². The number of nitrogen functional groups attached to an aromatic ring is 3. The number of nitrogens with zero attached hydrogens (tertiary/aromatic N) is 22. The van der Waals surface area contributed by atoms with E-state index < -0.39 is 50.1 Å². The second-order valence-electron chi connectivity index (χ2n) is 27.0. The van der Waals surface area contributed by atoms with Crippen molar-refractivity contribution in [1.29, 1.82) is 15.8 Å². The first kappa shape index (κ1) is 84.1. The van der Waals surface area contributed by atoms with Gasteiger partial charge in [-0.25, -0.2) is 62.0 Å². The fraction of sp³-hybridized carbons (Fsp3) is 0.476. The fourth-order valence-corrected chi connectivity index (χ4v) is 13.9. The van der Waals surface area contributed by atoms with E-state index in [2.05, 4.69) is 105 Å². The molecule has 588 valence electrons. The molecule has 0 atom stereocenters. The Kier molecular flexibility index (Phi) is 25.9. The molecule has 12 rings (SSSR count). The van der Waals surface area contributed by atoms with Gasteiger partial charge in [0.05, 0.1) is 74.9 Å². The van der Waals surface area contributed by atoms with Gasteiger partial charge in [0.1, 0.15) is 59.1 Å². The van der Waals surface area contributed by atoms with Gasteiger partial charge < -0.3 is 40.0 Å². The molecule has 2 aliphatic rings. The molecule has 10 aromatic heterocycles. The first-order valence-electron chi connectivity index (χ1n) is 33.9. The number of fused-ring (bicyclic) bond motifs is 5. The van der Waals surface area contributed by atoms with Crippen LogP contribution >= 0.6 is 0 Å². The monoisotopic (exact) mass is 1600 g/mol. The number of hydrogen-bond acceptors (Lipinski definition) is 31. The molecule has 0 aromatic carbocycles. The summed E-state index contributed by atoms with van der Waals surface area (Å²) < 4.78 is 124. The number of sulfonamides is 5. The molecule has 46 heteroatoms. The van der Waals surface area contributed by atoms with E-state index in [1.54, 1.807) is 47.0 Å². The van der Waals surface area contributed by atoms with Gasteiger partial charge in [0.2, 0.25) is 68.0 Å². The van der Waals surface area contributed by atoms with Gasteiger partial charge in [0, 0.05) is 86.4 Å². The number of nitrogens with one attached hydrogen (secondary N) is 6. The maximum atomic E-state index is 11.6. The highest BCUT2D eigenvalue weighted by atomic mass is 32.2. The van der Waals surface area contributed by atoms with Crippen LogP contribution in [0.2, 0.25) is 0 Å². The molecule has 0 amide bonds. The number of anilines is 8. The number of nitriles is 3. The van der Waals surface area contributed by atoms with Gasteiger partial charge in [0.15, 0.2) is 29.1 Å². The van der Waals surface area contributed by atoms with Crippen LogP contribution in [0, 0.1) is 34.0 Å². The molecule has 109 heavy (non-hydrogen) atoms. The van der Waals surface area contributed by atoms with Crippen LogP contribution < -0.4 is 66.8 Å². The molecule has 0 saturated heterocycles. The molecule has 10 aromatic rings. The van der Waals surface area contributed by atoms with Crippen molar-refractivity contribution in [2.75, 3.05) is 87.0 Å². The fourth-order valence-electron chi connectivity index (χ4n) is 11.2. The van der Waals surface area contributed by atoms with Crippen LogP contribution in [0.4, 0.5) is 46.9 Å². The molecule has 0 unspecified atom stereocenters. The third kappa shape index (κ3) is 21.1. The lowest BCUT2D eigenvalue weighted by Gasteiger charge is -2.23. The molecule has 41 nitrogen and oxygen atoms in total. The van der Waals surface area contributed by atoms with Gasteiger partial charge in [-0.1, -0.05) is 0 Å². The first-order valence-corrected chi connectivity index (χ1v) is 43.4. The molecule has 0 aliphatic heterocycles. The maximum Gasteiger partial charge on any atom is 0.225 e. The molecule has 2 saturated carbocycles. The summed E-state index contributed by atoms with van der Waals surface area (Å²) in [5.74, 6) is 2.01. The predicted molar refractivity (Wildman–Crippen MR) is 418 cm³/mol. The third-order valence-corrected chi connectivity index (χ3v) is 18.6. The Morgan fingerprint density at radius 1 is 0.431 bits per heavy atom. The van der Waals surface area contributed by atoms with Crippen LogP contribution in [0.25, 0.3) is 55.2 Å². The van der Waals surface area contributed by atoms with Gasteiger partial charge in [-0.05, 0) is 121 Å². The lowest BCUT2D eigenvalue weighted by atomic mass is 10.2. The Hall–Kier alpha value is -10.5. The highest BCUT2D eigenvalue weighted by molar-refractivity contribution is 7.89. The second-order valence-corrected chi connectivity index (χ2v) is 35.6. The molecule has 0 bridgehead atoms. The normalized spacial score (nSPS) is 13.3. The van der Waals surface area contributed by atoms with Gasteiger partial charge in [-0.15, -0.1) is 24.2 Å². The standard InChI is InChI=1S/C13H19N7O2S.C13H20N6O2S.C13H18N6O2S.C13H19N5O2S.C11H15N7O2S/c1-5-20(18-23(4,21)22)12-10-9(6-14)7-19(8(2)3)11(10)16-13(15)17-12;1-8(2)18-7-6-10-11(18)15-13(14)16-12(10)19(9-4-5-9)17-22(3,20)21;1-5-19(17-22(4,20)21)13-11-10(6-14)7-18(9(2)3)12(11)15-8-16-13;1-9(2)17-7-6-11-12(17)14-8-15-13(11)18(10-4-5-10)16-21(3,19)20;1-6(2)18-5-7(4-12)8-9(16-17-21(3,19)20)14-11(13)15-10(8)18/h7-8,18H,5H2,1-4H3,(H2,15,16,17);6-9,17H,4-5H2,1-3H3,(H2,14,15,16);7-9,17H,5H2,1-4H3;6-10,16H,4-5H2,1-3H3;5-6,17H,1-3H3,(H3,13,14,15,16). The Morgan fingerprint density at radius 3 is 1.19 bits per heavy atom. The summed E-state index contributed by atoms with van der Waals surface area (Å²) in [6.07, 6.45) is 20.9. The zero-order valence-corrected chi connectivity index (χ0v) is 67.3. The summed E-state index contributed by atoms with van der Waals surface area (Å²) >= 11 is 0. The summed E-state index contributed by atoms with van der Waals surface area (Å²) in [6, 6.07) is 11.1. The molecule has 0 radical (unpaired) electrons. The lowest BCUT2D eigenvalue weighted by molar-refractivity contribution is 0.578. The molecule has 2 fully saturated rings. The van der Waals surface area contributed by atoms with E-state index in [1.807, 2.05) is 104 Å². The highest BCUT2D eigenvalue weighted by Crippen LogP contribution is 2.38. The average Bonchev–Trinajstić information content (AvgIpc) is 1.28.